The molecule has 5 rings (SSSR count). The van der Waals surface area contributed by atoms with Gasteiger partial charge in [-0.1, -0.05) is 23.8 Å². The second kappa shape index (κ2) is 10.5. The largest absolute Gasteiger partial charge is 0.342 e. The summed E-state index contributed by atoms with van der Waals surface area (Å²) >= 11 is 1.61. The lowest BCUT2D eigenvalue weighted by atomic mass is 9.85. The van der Waals surface area contributed by atoms with E-state index in [4.69, 9.17) is 0 Å². The highest BCUT2D eigenvalue weighted by Crippen LogP contribution is 2.42. The molecule has 4 heterocycles. The van der Waals surface area contributed by atoms with Gasteiger partial charge in [-0.2, -0.15) is 0 Å². The van der Waals surface area contributed by atoms with E-state index in [0.717, 1.165) is 42.1 Å². The van der Waals surface area contributed by atoms with Crippen LogP contribution in [0.2, 0.25) is 0 Å². The molecule has 7 nitrogen and oxygen atoms in total. The zero-order valence-electron chi connectivity index (χ0n) is 20.4. The first-order valence-electron chi connectivity index (χ1n) is 12.7. The summed E-state index contributed by atoms with van der Waals surface area (Å²) in [6.45, 7) is 6.89. The van der Waals surface area contributed by atoms with Gasteiger partial charge in [-0.05, 0) is 49.8 Å². The summed E-state index contributed by atoms with van der Waals surface area (Å²) in [6, 6.07) is 11.7. The summed E-state index contributed by atoms with van der Waals surface area (Å²) in [5.41, 5.74) is 1.99. The van der Waals surface area contributed by atoms with Crippen molar-refractivity contribution in [2.24, 2.45) is 5.92 Å². The lowest BCUT2D eigenvalue weighted by Crippen LogP contribution is -2.55. The fraction of sp³-hybridized carbons (Fsp3) is 0.519. The van der Waals surface area contributed by atoms with Crippen molar-refractivity contribution in [1.82, 2.24) is 14.7 Å². The van der Waals surface area contributed by atoms with Crippen molar-refractivity contribution in [2.45, 2.75) is 38.6 Å². The van der Waals surface area contributed by atoms with Crippen molar-refractivity contribution in [3.8, 4) is 0 Å². The van der Waals surface area contributed by atoms with Crippen LogP contribution >= 0.6 is 11.3 Å². The normalized spacial score (nSPS) is 23.7. The van der Waals surface area contributed by atoms with E-state index < -0.39 is 0 Å². The minimum Gasteiger partial charge on any atom is -0.342 e. The smallest absolute Gasteiger partial charge is 0.236 e. The first-order valence-corrected chi connectivity index (χ1v) is 13.6. The lowest BCUT2D eigenvalue weighted by Gasteiger charge is -2.43. The van der Waals surface area contributed by atoms with Crippen LogP contribution in [0.4, 0.5) is 5.69 Å². The Labute approximate surface area is 211 Å². The monoisotopic (exact) mass is 494 g/mol. The Kier molecular flexibility index (Phi) is 7.20. The molecule has 3 fully saturated rings. The number of carbonyl (C=O) groups is 3. The van der Waals surface area contributed by atoms with Gasteiger partial charge >= 0.3 is 0 Å². The van der Waals surface area contributed by atoms with Crippen LogP contribution in [0.3, 0.4) is 0 Å². The maximum atomic E-state index is 13.8. The number of anilines is 1. The number of likely N-dealkylation sites (tertiary alicyclic amines) is 1. The minimum atomic E-state index is -0.291. The quantitative estimate of drug-likeness (QED) is 0.640. The van der Waals surface area contributed by atoms with Gasteiger partial charge in [0.15, 0.2) is 0 Å². The Balaban J connectivity index is 1.30. The van der Waals surface area contributed by atoms with Crippen LogP contribution in [-0.4, -0.2) is 78.2 Å². The molecule has 2 atom stereocenters. The van der Waals surface area contributed by atoms with Gasteiger partial charge in [-0.15, -0.1) is 11.3 Å². The molecule has 8 heteroatoms. The molecule has 0 bridgehead atoms. The Morgan fingerprint density at radius 1 is 0.943 bits per heavy atom. The second-order valence-corrected chi connectivity index (χ2v) is 10.9. The summed E-state index contributed by atoms with van der Waals surface area (Å²) in [7, 11) is 0. The molecule has 0 radical (unpaired) electrons. The standard InChI is InChI=1S/C27H34N4O3S/c1-20-6-8-21(9-7-20)31-24(32)11-10-22(26(31)23-5-4-18-35-23)27(34)30-16-14-28(15-17-30)19-25(33)29-12-2-3-13-29/h4-9,18,22,26H,2-3,10-17,19H2,1H3. The molecule has 0 N–H and O–H groups in total. The third kappa shape index (κ3) is 5.14. The van der Waals surface area contributed by atoms with E-state index in [1.807, 2.05) is 63.4 Å². The van der Waals surface area contributed by atoms with E-state index >= 15 is 0 Å². The van der Waals surface area contributed by atoms with Gasteiger partial charge < -0.3 is 14.7 Å². The van der Waals surface area contributed by atoms with Crippen molar-refractivity contribution in [3.63, 3.8) is 0 Å². The van der Waals surface area contributed by atoms with Crippen LogP contribution < -0.4 is 4.90 Å². The maximum absolute atomic E-state index is 13.8. The maximum Gasteiger partial charge on any atom is 0.236 e. The molecular weight excluding hydrogens is 460 g/mol. The number of aryl methyl sites for hydroxylation is 1. The highest BCUT2D eigenvalue weighted by molar-refractivity contribution is 7.10. The molecule has 1 aromatic heterocycles. The molecular formula is C27H34N4O3S. The summed E-state index contributed by atoms with van der Waals surface area (Å²) < 4.78 is 0. The molecule has 0 spiro atoms. The van der Waals surface area contributed by atoms with Crippen LogP contribution in [0.25, 0.3) is 0 Å². The number of hydrogen-bond acceptors (Lipinski definition) is 5. The molecule has 3 saturated heterocycles. The molecule has 186 valence electrons. The number of amides is 3. The van der Waals surface area contributed by atoms with Crippen LogP contribution in [0.1, 0.15) is 42.2 Å². The Morgan fingerprint density at radius 3 is 2.31 bits per heavy atom. The topological polar surface area (TPSA) is 64.2 Å². The Hall–Kier alpha value is -2.71. The molecule has 2 unspecified atom stereocenters. The Bertz CT molecular complexity index is 1040. The number of nitrogens with zero attached hydrogens (tertiary/aromatic N) is 4. The second-order valence-electron chi connectivity index (χ2n) is 9.89. The van der Waals surface area contributed by atoms with Crippen LogP contribution in [0, 0.1) is 12.8 Å². The molecule has 3 amide bonds. The first-order chi connectivity index (χ1) is 17.0. The minimum absolute atomic E-state index is 0.0709. The highest BCUT2D eigenvalue weighted by Gasteiger charge is 2.43. The zero-order valence-corrected chi connectivity index (χ0v) is 21.2. The molecule has 0 saturated carbocycles. The van der Waals surface area contributed by atoms with E-state index in [0.29, 0.717) is 45.6 Å². The van der Waals surface area contributed by atoms with Gasteiger partial charge in [0.05, 0.1) is 18.5 Å². The van der Waals surface area contributed by atoms with E-state index in [9.17, 15) is 14.4 Å². The number of rotatable bonds is 5. The van der Waals surface area contributed by atoms with E-state index in [1.165, 1.54) is 0 Å². The molecule has 35 heavy (non-hydrogen) atoms. The molecule has 2 aromatic rings. The SMILES string of the molecule is Cc1ccc(N2C(=O)CCC(C(=O)N3CCN(CC(=O)N4CCCC4)CC3)C2c2cccs2)cc1. The van der Waals surface area contributed by atoms with Crippen molar-refractivity contribution < 1.29 is 14.4 Å². The summed E-state index contributed by atoms with van der Waals surface area (Å²) in [4.78, 5) is 48.5. The molecule has 1 aromatic carbocycles. The van der Waals surface area contributed by atoms with E-state index in [2.05, 4.69) is 4.90 Å². The van der Waals surface area contributed by atoms with E-state index in [1.54, 1.807) is 11.3 Å². The van der Waals surface area contributed by atoms with Crippen molar-refractivity contribution in [1.29, 1.82) is 0 Å². The summed E-state index contributed by atoms with van der Waals surface area (Å²) in [6.07, 6.45) is 3.14. The van der Waals surface area contributed by atoms with Gasteiger partial charge in [0.2, 0.25) is 17.7 Å². The molecule has 3 aliphatic rings. The van der Waals surface area contributed by atoms with Crippen LogP contribution in [0.5, 0.6) is 0 Å². The van der Waals surface area contributed by atoms with Crippen molar-refractivity contribution in [3.05, 3.63) is 52.2 Å². The number of piperazine rings is 1. The number of thiophene rings is 1. The third-order valence-electron chi connectivity index (χ3n) is 7.56. The number of benzene rings is 1. The number of hydrogen-bond donors (Lipinski definition) is 0. The van der Waals surface area contributed by atoms with Gasteiger partial charge in [0.1, 0.15) is 0 Å². The van der Waals surface area contributed by atoms with Crippen molar-refractivity contribution >= 4 is 34.7 Å². The van der Waals surface area contributed by atoms with Crippen LogP contribution in [-0.2, 0) is 14.4 Å². The average Bonchev–Trinajstić information content (AvgIpc) is 3.59. The predicted octanol–water partition coefficient (Wildman–Crippen LogP) is 3.31. The summed E-state index contributed by atoms with van der Waals surface area (Å²) in [5, 5.41) is 2.01. The van der Waals surface area contributed by atoms with Gasteiger partial charge in [0, 0.05) is 56.3 Å². The summed E-state index contributed by atoms with van der Waals surface area (Å²) in [5.74, 6) is 0.130. The molecule has 0 aliphatic carbocycles. The predicted molar refractivity (Wildman–Crippen MR) is 137 cm³/mol. The zero-order chi connectivity index (χ0) is 24.4. The third-order valence-corrected chi connectivity index (χ3v) is 8.51. The lowest BCUT2D eigenvalue weighted by molar-refractivity contribution is -0.140. The fourth-order valence-electron chi connectivity index (χ4n) is 5.56. The fourth-order valence-corrected chi connectivity index (χ4v) is 6.45. The van der Waals surface area contributed by atoms with Crippen molar-refractivity contribution in [2.75, 3.05) is 50.7 Å². The Morgan fingerprint density at radius 2 is 1.66 bits per heavy atom. The van der Waals surface area contributed by atoms with Crippen LogP contribution in [0.15, 0.2) is 41.8 Å². The van der Waals surface area contributed by atoms with E-state index in [-0.39, 0.29) is 29.7 Å². The molecule has 3 aliphatic heterocycles. The number of piperidine rings is 1. The van der Waals surface area contributed by atoms with Gasteiger partial charge in [-0.25, -0.2) is 0 Å². The highest BCUT2D eigenvalue weighted by atomic mass is 32.1. The number of carbonyl (C=O) groups excluding carboxylic acids is 3. The average molecular weight is 495 g/mol. The van der Waals surface area contributed by atoms with Gasteiger partial charge in [0.25, 0.3) is 0 Å². The first kappa shape index (κ1) is 24.0. The van der Waals surface area contributed by atoms with Gasteiger partial charge in [-0.3, -0.25) is 19.3 Å².